The lowest BCUT2D eigenvalue weighted by Crippen LogP contribution is -2.40. The predicted molar refractivity (Wildman–Crippen MR) is 88.7 cm³/mol. The van der Waals surface area contributed by atoms with Crippen molar-refractivity contribution in [1.82, 2.24) is 9.78 Å². The molecule has 0 bridgehead atoms. The van der Waals surface area contributed by atoms with Crippen LogP contribution in [0.25, 0.3) is 0 Å². The van der Waals surface area contributed by atoms with E-state index >= 15 is 0 Å². The summed E-state index contributed by atoms with van der Waals surface area (Å²) in [5.41, 5.74) is 0.883. The fraction of sp³-hybridized carbons (Fsp3) is 0.353. The van der Waals surface area contributed by atoms with Crippen LogP contribution < -0.4 is 10.2 Å². The van der Waals surface area contributed by atoms with Gasteiger partial charge in [0.1, 0.15) is 13.1 Å². The number of anilines is 2. The van der Waals surface area contributed by atoms with E-state index in [1.807, 2.05) is 12.1 Å². The zero-order valence-corrected chi connectivity index (χ0v) is 14.2. The zero-order valence-electron chi connectivity index (χ0n) is 14.2. The molecule has 2 heterocycles. The van der Waals surface area contributed by atoms with Crippen molar-refractivity contribution in [2.75, 3.05) is 16.8 Å². The van der Waals surface area contributed by atoms with E-state index in [0.717, 1.165) is 18.0 Å². The maximum Gasteiger partial charge on any atom is 0.408 e. The number of para-hydroxylation sites is 1. The zero-order chi connectivity index (χ0) is 19.1. The summed E-state index contributed by atoms with van der Waals surface area (Å²) >= 11 is 0. The van der Waals surface area contributed by atoms with Crippen LogP contribution in [0, 0.1) is 0 Å². The van der Waals surface area contributed by atoms with Crippen LogP contribution in [0.2, 0.25) is 0 Å². The van der Waals surface area contributed by atoms with Crippen LogP contribution in [0.15, 0.2) is 36.7 Å². The molecule has 1 N–H and O–H groups in total. The number of fused-ring (bicyclic) bond motifs is 1. The Balaban J connectivity index is 1.70. The molecule has 1 aromatic heterocycles. The Kier molecular flexibility index (Phi) is 4.25. The second-order valence-corrected chi connectivity index (χ2v) is 6.62. The second kappa shape index (κ2) is 6.15. The quantitative estimate of drug-likeness (QED) is 0.905. The fourth-order valence-corrected chi connectivity index (χ4v) is 3.00. The summed E-state index contributed by atoms with van der Waals surface area (Å²) in [6, 6.07) is 7.20. The summed E-state index contributed by atoms with van der Waals surface area (Å²) in [5.74, 6) is -0.723. The Labute approximate surface area is 147 Å². The minimum atomic E-state index is -4.40. The number of carbonyl (C=O) groups is 2. The highest BCUT2D eigenvalue weighted by Gasteiger charge is 2.44. The van der Waals surface area contributed by atoms with E-state index in [9.17, 15) is 22.8 Å². The Morgan fingerprint density at radius 1 is 1.27 bits per heavy atom. The van der Waals surface area contributed by atoms with Gasteiger partial charge in [-0.25, -0.2) is 0 Å². The van der Waals surface area contributed by atoms with Gasteiger partial charge in [0.2, 0.25) is 11.8 Å². The molecule has 0 atom stereocenters. The lowest BCUT2D eigenvalue weighted by Gasteiger charge is -2.19. The molecule has 2 aromatic rings. The van der Waals surface area contributed by atoms with Crippen molar-refractivity contribution in [1.29, 1.82) is 0 Å². The van der Waals surface area contributed by atoms with Crippen molar-refractivity contribution in [3.8, 4) is 0 Å². The third kappa shape index (κ3) is 3.42. The molecule has 1 aromatic carbocycles. The number of amides is 2. The highest BCUT2D eigenvalue weighted by atomic mass is 19.4. The van der Waals surface area contributed by atoms with Crippen LogP contribution in [0.4, 0.5) is 24.5 Å². The average Bonchev–Trinajstić information content (AvgIpc) is 3.03. The number of halogens is 3. The van der Waals surface area contributed by atoms with Crippen LogP contribution in [0.1, 0.15) is 19.4 Å². The highest BCUT2D eigenvalue weighted by molar-refractivity contribution is 6.11. The molecule has 3 rings (SSSR count). The molecule has 138 valence electrons. The number of alkyl halides is 3. The van der Waals surface area contributed by atoms with Gasteiger partial charge in [-0.3, -0.25) is 14.3 Å². The molecule has 1 aliphatic rings. The van der Waals surface area contributed by atoms with E-state index in [4.69, 9.17) is 0 Å². The predicted octanol–water partition coefficient (Wildman–Crippen LogP) is 2.71. The van der Waals surface area contributed by atoms with Gasteiger partial charge in [-0.15, -0.1) is 0 Å². The highest BCUT2D eigenvalue weighted by Crippen LogP contribution is 2.41. The molecule has 0 saturated carbocycles. The number of hydrogen-bond donors (Lipinski definition) is 1. The van der Waals surface area contributed by atoms with Gasteiger partial charge in [0.25, 0.3) is 0 Å². The van der Waals surface area contributed by atoms with E-state index in [1.54, 1.807) is 26.0 Å². The molecule has 0 saturated heterocycles. The van der Waals surface area contributed by atoms with Gasteiger partial charge in [0, 0.05) is 11.9 Å². The minimum absolute atomic E-state index is 0.137. The number of benzene rings is 1. The van der Waals surface area contributed by atoms with Gasteiger partial charge in [0.05, 0.1) is 17.3 Å². The number of rotatable bonds is 4. The summed E-state index contributed by atoms with van der Waals surface area (Å²) in [7, 11) is 0. The molecule has 26 heavy (non-hydrogen) atoms. The van der Waals surface area contributed by atoms with Gasteiger partial charge >= 0.3 is 6.18 Å². The average molecular weight is 366 g/mol. The molecule has 9 heteroatoms. The van der Waals surface area contributed by atoms with Crippen molar-refractivity contribution in [2.45, 2.75) is 32.0 Å². The Hall–Kier alpha value is -2.84. The number of aromatic nitrogens is 2. The molecular formula is C17H17F3N4O2. The summed E-state index contributed by atoms with van der Waals surface area (Å²) in [5, 5.41) is 6.03. The van der Waals surface area contributed by atoms with Crippen LogP contribution >= 0.6 is 0 Å². The van der Waals surface area contributed by atoms with E-state index in [-0.39, 0.29) is 18.1 Å². The fourth-order valence-electron chi connectivity index (χ4n) is 3.00. The standard InChI is InChI=1S/C17H17F3N4O2/c1-16(2)12-5-3-4-6-13(12)24(15(16)26)9-14(25)22-11-7-21-23(8-11)10-17(18,19)20/h3-8H,9-10H2,1-2H3,(H,22,25). The number of nitrogens with one attached hydrogen (secondary N) is 1. The van der Waals surface area contributed by atoms with Crippen LogP contribution in [0.5, 0.6) is 0 Å². The summed E-state index contributed by atoms with van der Waals surface area (Å²) in [4.78, 5) is 26.3. The first-order valence-corrected chi connectivity index (χ1v) is 7.88. The first-order chi connectivity index (χ1) is 12.1. The topological polar surface area (TPSA) is 67.2 Å². The van der Waals surface area contributed by atoms with Crippen molar-refractivity contribution in [2.24, 2.45) is 0 Å². The van der Waals surface area contributed by atoms with E-state index < -0.39 is 24.0 Å². The van der Waals surface area contributed by atoms with Crippen LogP contribution in [0.3, 0.4) is 0 Å². The summed E-state index contributed by atoms with van der Waals surface area (Å²) in [6.07, 6.45) is -2.17. The summed E-state index contributed by atoms with van der Waals surface area (Å²) in [6.45, 7) is 2.10. The van der Waals surface area contributed by atoms with E-state index in [1.165, 1.54) is 4.90 Å². The third-order valence-corrected chi connectivity index (χ3v) is 4.21. The molecule has 6 nitrogen and oxygen atoms in total. The molecule has 1 aliphatic heterocycles. The first kappa shape index (κ1) is 18.0. The smallest absolute Gasteiger partial charge is 0.322 e. The minimum Gasteiger partial charge on any atom is -0.322 e. The normalized spacial score (nSPS) is 15.9. The van der Waals surface area contributed by atoms with Crippen molar-refractivity contribution >= 4 is 23.2 Å². The second-order valence-electron chi connectivity index (χ2n) is 6.62. The summed E-state index contributed by atoms with van der Waals surface area (Å²) < 4.78 is 37.7. The molecule has 0 radical (unpaired) electrons. The number of carbonyl (C=O) groups excluding carboxylic acids is 2. The van der Waals surface area contributed by atoms with E-state index in [0.29, 0.717) is 10.4 Å². The molecular weight excluding hydrogens is 349 g/mol. The molecule has 0 aliphatic carbocycles. The van der Waals surface area contributed by atoms with Gasteiger partial charge in [-0.2, -0.15) is 18.3 Å². The Morgan fingerprint density at radius 2 is 1.96 bits per heavy atom. The Morgan fingerprint density at radius 3 is 2.65 bits per heavy atom. The van der Waals surface area contributed by atoms with Crippen LogP contribution in [-0.4, -0.2) is 34.3 Å². The maximum atomic E-state index is 12.6. The third-order valence-electron chi connectivity index (χ3n) is 4.21. The number of hydrogen-bond acceptors (Lipinski definition) is 3. The molecule has 0 unspecified atom stereocenters. The number of nitrogens with zero attached hydrogens (tertiary/aromatic N) is 3. The van der Waals surface area contributed by atoms with Crippen molar-refractivity contribution in [3.63, 3.8) is 0 Å². The van der Waals surface area contributed by atoms with E-state index in [2.05, 4.69) is 10.4 Å². The van der Waals surface area contributed by atoms with Gasteiger partial charge in [-0.1, -0.05) is 18.2 Å². The monoisotopic (exact) mass is 366 g/mol. The van der Waals surface area contributed by atoms with Crippen LogP contribution in [-0.2, 0) is 21.5 Å². The first-order valence-electron chi connectivity index (χ1n) is 7.88. The Bertz CT molecular complexity index is 858. The lowest BCUT2D eigenvalue weighted by atomic mass is 9.86. The molecule has 0 spiro atoms. The largest absolute Gasteiger partial charge is 0.408 e. The molecule has 0 fully saturated rings. The maximum absolute atomic E-state index is 12.6. The lowest BCUT2D eigenvalue weighted by molar-refractivity contribution is -0.142. The SMILES string of the molecule is CC1(C)C(=O)N(CC(=O)Nc2cnn(CC(F)(F)F)c2)c2ccccc21. The van der Waals surface area contributed by atoms with Crippen molar-refractivity contribution < 1.29 is 22.8 Å². The van der Waals surface area contributed by atoms with Gasteiger partial charge in [-0.05, 0) is 25.5 Å². The van der Waals surface area contributed by atoms with Gasteiger partial charge in [0.15, 0.2) is 0 Å². The van der Waals surface area contributed by atoms with Gasteiger partial charge < -0.3 is 10.2 Å². The van der Waals surface area contributed by atoms with Crippen molar-refractivity contribution in [3.05, 3.63) is 42.2 Å². The molecule has 2 amide bonds.